The summed E-state index contributed by atoms with van der Waals surface area (Å²) in [6, 6.07) is 0. The van der Waals surface area contributed by atoms with Crippen molar-refractivity contribution in [3.8, 4) is 0 Å². The van der Waals surface area contributed by atoms with Gasteiger partial charge >= 0.3 is 0 Å². The summed E-state index contributed by atoms with van der Waals surface area (Å²) in [5, 5.41) is 0. The number of allylic oxidation sites excluding steroid dienone is 2. The van der Waals surface area contributed by atoms with E-state index in [1.165, 1.54) is 0 Å². The van der Waals surface area contributed by atoms with E-state index in [1.807, 2.05) is 34.0 Å². The normalized spacial score (nSPS) is 15.8. The third-order valence-corrected chi connectivity index (χ3v) is 1.73. The number of aliphatic imine (C=N–C) groups is 1. The van der Waals surface area contributed by atoms with Gasteiger partial charge in [0.15, 0.2) is 0 Å². The van der Waals surface area contributed by atoms with Crippen LogP contribution in [0.4, 0.5) is 0 Å². The van der Waals surface area contributed by atoms with Gasteiger partial charge in [0, 0.05) is 18.7 Å². The summed E-state index contributed by atoms with van der Waals surface area (Å²) in [6.45, 7) is 10.4. The minimum atomic E-state index is 0.170. The van der Waals surface area contributed by atoms with Crippen molar-refractivity contribution in [3.05, 3.63) is 12.2 Å². The monoisotopic (exact) mass is 169 g/mol. The van der Waals surface area contributed by atoms with Crippen LogP contribution in [0.2, 0.25) is 0 Å². The molecule has 0 aromatic heterocycles. The molecule has 0 fully saturated rings. The fourth-order valence-corrected chi connectivity index (χ4v) is 0.928. The van der Waals surface area contributed by atoms with Crippen LogP contribution in [0.3, 0.4) is 0 Å². The first-order chi connectivity index (χ1) is 5.68. The van der Waals surface area contributed by atoms with E-state index in [-0.39, 0.29) is 5.41 Å². The van der Waals surface area contributed by atoms with Crippen molar-refractivity contribution >= 4 is 6.21 Å². The van der Waals surface area contributed by atoms with Crippen molar-refractivity contribution < 1.29 is 0 Å². The van der Waals surface area contributed by atoms with E-state index in [0.29, 0.717) is 0 Å². The lowest BCUT2D eigenvalue weighted by Gasteiger charge is -2.17. The second-order valence-corrected chi connectivity index (χ2v) is 2.75. The van der Waals surface area contributed by atoms with E-state index >= 15 is 0 Å². The smallest absolute Gasteiger partial charge is 0.0273 e. The topological polar surface area (TPSA) is 12.4 Å². The SMILES string of the molecule is CC.CC=CC(C)(C=NC)CC. The highest BCUT2D eigenvalue weighted by Gasteiger charge is 2.13. The van der Waals surface area contributed by atoms with Gasteiger partial charge in [0.2, 0.25) is 0 Å². The Morgan fingerprint density at radius 3 is 2.08 bits per heavy atom. The van der Waals surface area contributed by atoms with Gasteiger partial charge in [0.25, 0.3) is 0 Å². The summed E-state index contributed by atoms with van der Waals surface area (Å²) >= 11 is 0. The Morgan fingerprint density at radius 2 is 1.83 bits per heavy atom. The molecule has 0 aliphatic heterocycles. The van der Waals surface area contributed by atoms with Gasteiger partial charge in [-0.1, -0.05) is 39.8 Å². The first-order valence-corrected chi connectivity index (χ1v) is 4.75. The van der Waals surface area contributed by atoms with Gasteiger partial charge in [-0.05, 0) is 13.3 Å². The highest BCUT2D eigenvalue weighted by atomic mass is 14.6. The maximum absolute atomic E-state index is 4.02. The number of rotatable bonds is 3. The molecule has 0 aliphatic rings. The second kappa shape index (κ2) is 8.51. The second-order valence-electron chi connectivity index (χ2n) is 2.75. The van der Waals surface area contributed by atoms with Crippen molar-refractivity contribution in [3.63, 3.8) is 0 Å². The molecule has 0 spiro atoms. The Balaban J connectivity index is 0. The number of nitrogens with zero attached hydrogens (tertiary/aromatic N) is 1. The van der Waals surface area contributed by atoms with Crippen LogP contribution in [0.25, 0.3) is 0 Å². The molecule has 0 rings (SSSR count). The molecule has 0 N–H and O–H groups in total. The zero-order valence-corrected chi connectivity index (χ0v) is 9.39. The van der Waals surface area contributed by atoms with E-state index in [0.717, 1.165) is 6.42 Å². The molecule has 1 nitrogen and oxygen atoms in total. The Kier molecular flexibility index (Phi) is 9.90. The molecular formula is C11H23N. The van der Waals surface area contributed by atoms with Crippen LogP contribution in [-0.4, -0.2) is 13.3 Å². The van der Waals surface area contributed by atoms with Crippen LogP contribution >= 0.6 is 0 Å². The summed E-state index contributed by atoms with van der Waals surface area (Å²) in [6.07, 6.45) is 7.35. The van der Waals surface area contributed by atoms with Gasteiger partial charge in [-0.25, -0.2) is 0 Å². The molecule has 0 aromatic carbocycles. The minimum Gasteiger partial charge on any atom is -0.300 e. The fraction of sp³-hybridized carbons (Fsp3) is 0.727. The Hall–Kier alpha value is -0.590. The van der Waals surface area contributed by atoms with Crippen LogP contribution in [0.5, 0.6) is 0 Å². The molecule has 0 radical (unpaired) electrons. The predicted molar refractivity (Wildman–Crippen MR) is 59.0 cm³/mol. The van der Waals surface area contributed by atoms with E-state index in [2.05, 4.69) is 31.0 Å². The quantitative estimate of drug-likeness (QED) is 0.451. The maximum atomic E-state index is 4.02. The average molecular weight is 169 g/mol. The first-order valence-electron chi connectivity index (χ1n) is 4.75. The molecule has 0 heterocycles. The van der Waals surface area contributed by atoms with Crippen LogP contribution in [0.15, 0.2) is 17.1 Å². The third-order valence-electron chi connectivity index (χ3n) is 1.73. The molecule has 0 bridgehead atoms. The molecule has 1 heteroatoms. The van der Waals surface area contributed by atoms with Crippen LogP contribution in [0.1, 0.15) is 41.0 Å². The van der Waals surface area contributed by atoms with Crippen LogP contribution in [0, 0.1) is 5.41 Å². The summed E-state index contributed by atoms with van der Waals surface area (Å²) in [7, 11) is 1.82. The van der Waals surface area contributed by atoms with Crippen LogP contribution < -0.4 is 0 Å². The van der Waals surface area contributed by atoms with E-state index < -0.39 is 0 Å². The molecule has 0 amide bonds. The van der Waals surface area contributed by atoms with Crippen molar-refractivity contribution in [1.82, 2.24) is 0 Å². The fourth-order valence-electron chi connectivity index (χ4n) is 0.928. The molecule has 1 unspecified atom stereocenters. The van der Waals surface area contributed by atoms with Gasteiger partial charge in [-0.2, -0.15) is 0 Å². The lowest BCUT2D eigenvalue weighted by Crippen LogP contribution is -2.12. The van der Waals surface area contributed by atoms with Crippen molar-refractivity contribution in [2.24, 2.45) is 10.4 Å². The van der Waals surface area contributed by atoms with Crippen molar-refractivity contribution in [2.45, 2.75) is 41.0 Å². The summed E-state index contributed by atoms with van der Waals surface area (Å²) in [5.41, 5.74) is 0.170. The van der Waals surface area contributed by atoms with E-state index in [9.17, 15) is 0 Å². The molecule has 0 aromatic rings. The van der Waals surface area contributed by atoms with E-state index in [4.69, 9.17) is 0 Å². The Bertz CT molecular complexity index is 122. The average Bonchev–Trinajstić information content (AvgIpc) is 2.09. The van der Waals surface area contributed by atoms with Gasteiger partial charge in [-0.3, -0.25) is 4.99 Å². The summed E-state index contributed by atoms with van der Waals surface area (Å²) < 4.78 is 0. The maximum Gasteiger partial charge on any atom is 0.0273 e. The van der Waals surface area contributed by atoms with Gasteiger partial charge in [0.1, 0.15) is 0 Å². The minimum absolute atomic E-state index is 0.170. The standard InChI is InChI=1S/C9H17N.C2H6/c1-5-7-9(3,6-2)8-10-4;1-2/h5,7-8H,6H2,1-4H3;1-2H3. The van der Waals surface area contributed by atoms with Crippen LogP contribution in [-0.2, 0) is 0 Å². The summed E-state index contributed by atoms with van der Waals surface area (Å²) in [5.74, 6) is 0. The number of hydrogen-bond donors (Lipinski definition) is 0. The van der Waals surface area contributed by atoms with Gasteiger partial charge in [0.05, 0.1) is 0 Å². The summed E-state index contributed by atoms with van der Waals surface area (Å²) in [4.78, 5) is 4.02. The molecule has 0 saturated heterocycles. The molecule has 0 saturated carbocycles. The molecule has 12 heavy (non-hydrogen) atoms. The number of hydrogen-bond acceptors (Lipinski definition) is 1. The Morgan fingerprint density at radius 1 is 1.33 bits per heavy atom. The highest BCUT2D eigenvalue weighted by molar-refractivity contribution is 5.67. The van der Waals surface area contributed by atoms with Crippen molar-refractivity contribution in [2.75, 3.05) is 7.05 Å². The molecule has 72 valence electrons. The first kappa shape index (κ1) is 14.0. The van der Waals surface area contributed by atoms with Crippen molar-refractivity contribution in [1.29, 1.82) is 0 Å². The predicted octanol–water partition coefficient (Wildman–Crippen LogP) is 3.71. The molecule has 0 aliphatic carbocycles. The zero-order valence-electron chi connectivity index (χ0n) is 9.39. The van der Waals surface area contributed by atoms with Gasteiger partial charge in [-0.15, -0.1) is 0 Å². The zero-order chi connectivity index (χ0) is 10.0. The lowest BCUT2D eigenvalue weighted by molar-refractivity contribution is 0.585. The highest BCUT2D eigenvalue weighted by Crippen LogP contribution is 2.19. The Labute approximate surface area is 77.6 Å². The third kappa shape index (κ3) is 6.14. The van der Waals surface area contributed by atoms with Gasteiger partial charge < -0.3 is 0 Å². The molecule has 1 atom stereocenters. The lowest BCUT2D eigenvalue weighted by atomic mass is 9.89. The molecular weight excluding hydrogens is 146 g/mol. The largest absolute Gasteiger partial charge is 0.300 e. The van der Waals surface area contributed by atoms with E-state index in [1.54, 1.807) is 0 Å².